The van der Waals surface area contributed by atoms with Gasteiger partial charge in [0.1, 0.15) is 0 Å². The molecule has 5 aromatic heterocycles. The zero-order chi connectivity index (χ0) is 25.2. The Morgan fingerprint density at radius 1 is 0.459 bits per heavy atom. The summed E-state index contributed by atoms with van der Waals surface area (Å²) in [6.07, 6.45) is 9.13. The summed E-state index contributed by atoms with van der Waals surface area (Å²) in [6, 6.07) is 21.4. The van der Waals surface area contributed by atoms with Gasteiger partial charge in [-0.05, 0) is 73.5 Å². The number of nitrogens with zero attached hydrogens (tertiary/aromatic N) is 2. The molecule has 1 aliphatic rings. The molecule has 6 heterocycles. The molecule has 0 spiro atoms. The minimum atomic E-state index is 0.767. The first kappa shape index (κ1) is 24.3. The van der Waals surface area contributed by atoms with E-state index in [1.807, 2.05) is 23.5 Å². The molecule has 2 bridgehead atoms. The predicted molar refractivity (Wildman–Crippen MR) is 156 cm³/mol. The van der Waals surface area contributed by atoms with Gasteiger partial charge < -0.3 is 9.13 Å². The van der Waals surface area contributed by atoms with Crippen LogP contribution in [-0.2, 0) is 13.1 Å². The molecule has 0 aromatic carbocycles. The van der Waals surface area contributed by atoms with E-state index in [1.54, 1.807) is 22.7 Å². The van der Waals surface area contributed by atoms with E-state index >= 15 is 0 Å². The van der Waals surface area contributed by atoms with Crippen LogP contribution in [0.5, 0.6) is 0 Å². The Bertz CT molecular complexity index is 1430. The maximum absolute atomic E-state index is 11.3. The molecule has 37 heavy (non-hydrogen) atoms. The lowest BCUT2D eigenvalue weighted by atomic mass is 10.1. The highest BCUT2D eigenvalue weighted by molar-refractivity contribution is 7.19. The van der Waals surface area contributed by atoms with Gasteiger partial charge in [0.15, 0.2) is 12.6 Å². The van der Waals surface area contributed by atoms with E-state index in [9.17, 15) is 9.59 Å². The minimum absolute atomic E-state index is 0.767. The van der Waals surface area contributed by atoms with Crippen LogP contribution in [0.2, 0.25) is 0 Å². The van der Waals surface area contributed by atoms with Gasteiger partial charge in [0.2, 0.25) is 0 Å². The molecule has 0 radical (unpaired) electrons. The predicted octanol–water partition coefficient (Wildman–Crippen LogP) is 9.12. The van der Waals surface area contributed by atoms with Crippen LogP contribution in [0.15, 0.2) is 60.7 Å². The van der Waals surface area contributed by atoms with E-state index in [-0.39, 0.29) is 0 Å². The third-order valence-corrected chi connectivity index (χ3v) is 10.3. The lowest BCUT2D eigenvalue weighted by Gasteiger charge is -2.12. The zero-order valence-corrected chi connectivity index (χ0v) is 23.0. The number of aldehydes is 2. The molecule has 188 valence electrons. The Hall–Kier alpha value is -3.00. The number of aromatic nitrogens is 2. The second-order valence-electron chi connectivity index (χ2n) is 9.44. The smallest absolute Gasteiger partial charge is 0.160 e. The summed E-state index contributed by atoms with van der Waals surface area (Å²) in [5.74, 6) is 0. The molecule has 6 rings (SSSR count). The molecule has 0 unspecified atom stereocenters. The van der Waals surface area contributed by atoms with Crippen molar-refractivity contribution >= 4 is 46.6 Å². The van der Waals surface area contributed by atoms with Crippen molar-refractivity contribution in [3.63, 3.8) is 0 Å². The maximum atomic E-state index is 11.3. The van der Waals surface area contributed by atoms with Crippen molar-refractivity contribution in [1.82, 2.24) is 9.13 Å². The standard InChI is InChI=1S/C30H28N2O2S3/c33-19-21-7-13-27(35-21)23-9-11-25-29-15-16-30(37-29)26-12-10-24(28-14-8-22(20-34)36-28)32(26)18-6-4-2-1-3-5-17-31(23)25/h7-16,19-20H,1-6,17-18H2. The highest BCUT2D eigenvalue weighted by Gasteiger charge is 2.18. The van der Waals surface area contributed by atoms with Gasteiger partial charge in [0, 0.05) is 13.1 Å². The molecule has 0 fully saturated rings. The molecule has 5 aromatic rings. The SMILES string of the molecule is O=Cc1ccc(-c2ccc3n2CCCCCCCCn2c(-c4ccc(C=O)s4)ccc2-c2ccc-3s2)s1. The largest absolute Gasteiger partial charge is 0.339 e. The number of carbonyl (C=O) groups excluding carboxylic acids is 2. The van der Waals surface area contributed by atoms with Crippen LogP contribution in [0.3, 0.4) is 0 Å². The molecule has 0 atom stereocenters. The highest BCUT2D eigenvalue weighted by atomic mass is 32.1. The van der Waals surface area contributed by atoms with E-state index in [0.717, 1.165) is 58.0 Å². The average molecular weight is 545 g/mol. The van der Waals surface area contributed by atoms with E-state index in [2.05, 4.69) is 57.7 Å². The molecular formula is C30H28N2O2S3. The number of hydrogen-bond acceptors (Lipinski definition) is 5. The normalized spacial score (nSPS) is 14.4. The van der Waals surface area contributed by atoms with Crippen LogP contribution >= 0.6 is 34.0 Å². The van der Waals surface area contributed by atoms with Gasteiger partial charge in [-0.1, -0.05) is 25.7 Å². The molecule has 4 nitrogen and oxygen atoms in total. The molecule has 0 saturated heterocycles. The Morgan fingerprint density at radius 2 is 0.811 bits per heavy atom. The second-order valence-corrected chi connectivity index (χ2v) is 12.8. The van der Waals surface area contributed by atoms with Crippen molar-refractivity contribution in [2.45, 2.75) is 51.6 Å². The van der Waals surface area contributed by atoms with Crippen LogP contribution < -0.4 is 0 Å². The molecule has 0 N–H and O–H groups in total. The first-order valence-electron chi connectivity index (χ1n) is 12.9. The second kappa shape index (κ2) is 10.8. The van der Waals surface area contributed by atoms with Crippen molar-refractivity contribution in [3.8, 4) is 42.3 Å². The van der Waals surface area contributed by atoms with Gasteiger partial charge in [-0.15, -0.1) is 34.0 Å². The molecule has 0 saturated carbocycles. The fourth-order valence-corrected chi connectivity index (χ4v) is 8.03. The Labute approximate surface area is 228 Å². The van der Waals surface area contributed by atoms with Crippen molar-refractivity contribution in [2.24, 2.45) is 0 Å². The topological polar surface area (TPSA) is 44.0 Å². The third kappa shape index (κ3) is 4.83. The summed E-state index contributed by atoms with van der Waals surface area (Å²) in [5, 5.41) is 0. The van der Waals surface area contributed by atoms with Crippen LogP contribution in [0.25, 0.3) is 42.3 Å². The van der Waals surface area contributed by atoms with E-state index in [1.165, 1.54) is 58.2 Å². The number of fused-ring (bicyclic) bond motifs is 6. The van der Waals surface area contributed by atoms with Gasteiger partial charge in [-0.2, -0.15) is 0 Å². The van der Waals surface area contributed by atoms with Crippen LogP contribution in [0.1, 0.15) is 57.9 Å². The van der Waals surface area contributed by atoms with Gasteiger partial charge in [-0.3, -0.25) is 9.59 Å². The fraction of sp³-hybridized carbons (Fsp3) is 0.267. The van der Waals surface area contributed by atoms with Crippen LogP contribution in [-0.4, -0.2) is 21.7 Å². The van der Waals surface area contributed by atoms with Gasteiger partial charge in [0.05, 0.1) is 52.0 Å². The summed E-state index contributed by atoms with van der Waals surface area (Å²) in [5.41, 5.74) is 4.88. The Balaban J connectivity index is 1.42. The van der Waals surface area contributed by atoms with Crippen molar-refractivity contribution in [1.29, 1.82) is 0 Å². The number of carbonyl (C=O) groups is 2. The Kier molecular flexibility index (Phi) is 7.09. The maximum Gasteiger partial charge on any atom is 0.160 e. The first-order chi connectivity index (χ1) is 18.2. The van der Waals surface area contributed by atoms with E-state index in [4.69, 9.17) is 0 Å². The summed E-state index contributed by atoms with van der Waals surface area (Å²) < 4.78 is 4.90. The van der Waals surface area contributed by atoms with Crippen LogP contribution in [0, 0.1) is 0 Å². The molecule has 1 aliphatic heterocycles. The van der Waals surface area contributed by atoms with Crippen molar-refractivity contribution in [2.75, 3.05) is 0 Å². The van der Waals surface area contributed by atoms with Gasteiger partial charge >= 0.3 is 0 Å². The lowest BCUT2D eigenvalue weighted by Crippen LogP contribution is -2.02. The number of rotatable bonds is 4. The van der Waals surface area contributed by atoms with E-state index < -0.39 is 0 Å². The first-order valence-corrected chi connectivity index (χ1v) is 15.3. The molecule has 0 aliphatic carbocycles. The van der Waals surface area contributed by atoms with Gasteiger partial charge in [0.25, 0.3) is 0 Å². The summed E-state index contributed by atoms with van der Waals surface area (Å²) in [4.78, 5) is 29.0. The fourth-order valence-electron chi connectivity index (χ4n) is 5.25. The minimum Gasteiger partial charge on any atom is -0.339 e. The van der Waals surface area contributed by atoms with Crippen LogP contribution in [0.4, 0.5) is 0 Å². The molecular weight excluding hydrogens is 517 g/mol. The van der Waals surface area contributed by atoms with Crippen molar-refractivity contribution in [3.05, 3.63) is 70.4 Å². The summed E-state index contributed by atoms with van der Waals surface area (Å²) in [6.45, 7) is 1.97. The number of thiophene rings is 3. The van der Waals surface area contributed by atoms with Crippen molar-refractivity contribution < 1.29 is 9.59 Å². The van der Waals surface area contributed by atoms with E-state index in [0.29, 0.717) is 0 Å². The average Bonchev–Trinajstić information content (AvgIpc) is 3.73. The zero-order valence-electron chi connectivity index (χ0n) is 20.5. The number of hydrogen-bond donors (Lipinski definition) is 0. The lowest BCUT2D eigenvalue weighted by molar-refractivity contribution is 0.111. The monoisotopic (exact) mass is 544 g/mol. The molecule has 0 amide bonds. The third-order valence-electron chi connectivity index (χ3n) is 7.08. The summed E-state index contributed by atoms with van der Waals surface area (Å²) >= 11 is 4.96. The Morgan fingerprint density at radius 3 is 1.19 bits per heavy atom. The molecule has 7 heteroatoms. The van der Waals surface area contributed by atoms with Gasteiger partial charge in [-0.25, -0.2) is 0 Å². The highest BCUT2D eigenvalue weighted by Crippen LogP contribution is 2.41. The quantitative estimate of drug-likeness (QED) is 0.212. The summed E-state index contributed by atoms with van der Waals surface area (Å²) in [7, 11) is 0.